The predicted molar refractivity (Wildman–Crippen MR) is 93.3 cm³/mol. The SMILES string of the molecule is CNC(=O)OC1CCN(c2ccc(-c3cccc(Cl)c3)nn2)CC1. The van der Waals surface area contributed by atoms with E-state index in [0.717, 1.165) is 43.0 Å². The lowest BCUT2D eigenvalue weighted by atomic mass is 10.1. The minimum Gasteiger partial charge on any atom is -0.446 e. The molecule has 0 radical (unpaired) electrons. The summed E-state index contributed by atoms with van der Waals surface area (Å²) in [6, 6.07) is 11.5. The van der Waals surface area contributed by atoms with Crippen molar-refractivity contribution in [1.82, 2.24) is 15.5 Å². The fourth-order valence-electron chi connectivity index (χ4n) is 2.71. The highest BCUT2D eigenvalue weighted by molar-refractivity contribution is 6.30. The number of halogens is 1. The number of alkyl carbamates (subject to hydrolysis) is 1. The molecule has 126 valence electrons. The highest BCUT2D eigenvalue weighted by atomic mass is 35.5. The molecule has 24 heavy (non-hydrogen) atoms. The lowest BCUT2D eigenvalue weighted by Gasteiger charge is -2.32. The Kier molecular flexibility index (Phi) is 5.15. The van der Waals surface area contributed by atoms with Crippen LogP contribution in [0.5, 0.6) is 0 Å². The molecule has 2 heterocycles. The van der Waals surface area contributed by atoms with Crippen LogP contribution in [-0.4, -0.2) is 42.5 Å². The number of anilines is 1. The molecule has 0 aliphatic carbocycles. The van der Waals surface area contributed by atoms with Gasteiger partial charge in [-0.2, -0.15) is 0 Å². The summed E-state index contributed by atoms with van der Waals surface area (Å²) >= 11 is 6.01. The van der Waals surface area contributed by atoms with Crippen molar-refractivity contribution in [2.75, 3.05) is 25.0 Å². The first-order chi connectivity index (χ1) is 11.7. The zero-order chi connectivity index (χ0) is 16.9. The fraction of sp³-hybridized carbons (Fsp3) is 0.353. The smallest absolute Gasteiger partial charge is 0.407 e. The summed E-state index contributed by atoms with van der Waals surface area (Å²) < 4.78 is 5.29. The number of carbonyl (C=O) groups excluding carboxylic acids is 1. The number of nitrogens with one attached hydrogen (secondary N) is 1. The van der Waals surface area contributed by atoms with Crippen molar-refractivity contribution in [3.8, 4) is 11.3 Å². The van der Waals surface area contributed by atoms with Gasteiger partial charge in [0, 0.05) is 43.6 Å². The molecule has 1 fully saturated rings. The highest BCUT2D eigenvalue weighted by Gasteiger charge is 2.23. The summed E-state index contributed by atoms with van der Waals surface area (Å²) in [5.74, 6) is 0.833. The molecule has 0 spiro atoms. The van der Waals surface area contributed by atoms with Crippen molar-refractivity contribution in [1.29, 1.82) is 0 Å². The Morgan fingerprint density at radius 1 is 1.25 bits per heavy atom. The summed E-state index contributed by atoms with van der Waals surface area (Å²) in [7, 11) is 1.56. The third-order valence-corrected chi connectivity index (χ3v) is 4.25. The topological polar surface area (TPSA) is 67.3 Å². The molecular weight excluding hydrogens is 328 g/mol. The van der Waals surface area contributed by atoms with E-state index in [1.165, 1.54) is 0 Å². The average Bonchev–Trinajstić information content (AvgIpc) is 2.62. The van der Waals surface area contributed by atoms with Crippen LogP contribution < -0.4 is 10.2 Å². The maximum absolute atomic E-state index is 11.2. The van der Waals surface area contributed by atoms with Gasteiger partial charge in [-0.3, -0.25) is 0 Å². The number of nitrogens with zero attached hydrogens (tertiary/aromatic N) is 3. The molecule has 6 nitrogen and oxygen atoms in total. The summed E-state index contributed by atoms with van der Waals surface area (Å²) in [6.45, 7) is 1.57. The monoisotopic (exact) mass is 346 g/mol. The number of piperidine rings is 1. The van der Waals surface area contributed by atoms with Crippen molar-refractivity contribution in [2.24, 2.45) is 0 Å². The lowest BCUT2D eigenvalue weighted by molar-refractivity contribution is 0.0848. The van der Waals surface area contributed by atoms with Gasteiger partial charge >= 0.3 is 6.09 Å². The number of ether oxygens (including phenoxy) is 1. The van der Waals surface area contributed by atoms with E-state index in [1.807, 2.05) is 36.4 Å². The van der Waals surface area contributed by atoms with Crippen LogP contribution in [0.1, 0.15) is 12.8 Å². The Hall–Kier alpha value is -2.34. The van der Waals surface area contributed by atoms with Crippen LogP contribution >= 0.6 is 11.6 Å². The van der Waals surface area contributed by atoms with E-state index < -0.39 is 0 Å². The average molecular weight is 347 g/mol. The predicted octanol–water partition coefficient (Wildman–Crippen LogP) is 3.12. The Bertz CT molecular complexity index is 700. The molecule has 1 amide bonds. The van der Waals surface area contributed by atoms with Crippen LogP contribution in [-0.2, 0) is 4.74 Å². The van der Waals surface area contributed by atoms with E-state index in [4.69, 9.17) is 16.3 Å². The third kappa shape index (κ3) is 3.94. The zero-order valence-corrected chi connectivity index (χ0v) is 14.2. The molecule has 1 aliphatic heterocycles. The van der Waals surface area contributed by atoms with Crippen molar-refractivity contribution >= 4 is 23.5 Å². The second-order valence-corrected chi connectivity index (χ2v) is 6.07. The maximum atomic E-state index is 11.2. The van der Waals surface area contributed by atoms with E-state index in [2.05, 4.69) is 20.4 Å². The number of carbonyl (C=O) groups is 1. The first kappa shape index (κ1) is 16.5. The van der Waals surface area contributed by atoms with E-state index in [0.29, 0.717) is 5.02 Å². The van der Waals surface area contributed by atoms with Crippen molar-refractivity contribution in [2.45, 2.75) is 18.9 Å². The number of benzene rings is 1. The van der Waals surface area contributed by atoms with Crippen LogP contribution in [0.3, 0.4) is 0 Å². The normalized spacial score (nSPS) is 15.2. The Labute approximate surface area is 145 Å². The zero-order valence-electron chi connectivity index (χ0n) is 13.4. The van der Waals surface area contributed by atoms with Gasteiger partial charge in [0.1, 0.15) is 6.10 Å². The van der Waals surface area contributed by atoms with E-state index >= 15 is 0 Å². The van der Waals surface area contributed by atoms with Gasteiger partial charge in [0.15, 0.2) is 5.82 Å². The van der Waals surface area contributed by atoms with Crippen LogP contribution in [0.25, 0.3) is 11.3 Å². The molecular formula is C17H19ClN4O2. The van der Waals surface area contributed by atoms with Gasteiger partial charge in [-0.15, -0.1) is 10.2 Å². The summed E-state index contributed by atoms with van der Waals surface area (Å²) in [4.78, 5) is 13.4. The summed E-state index contributed by atoms with van der Waals surface area (Å²) in [6.07, 6.45) is 1.15. The van der Waals surface area contributed by atoms with Crippen molar-refractivity contribution < 1.29 is 9.53 Å². The molecule has 1 aliphatic rings. The molecule has 1 aromatic heterocycles. The van der Waals surface area contributed by atoms with Crippen LogP contribution in [0.4, 0.5) is 10.6 Å². The number of amides is 1. The van der Waals surface area contributed by atoms with E-state index in [-0.39, 0.29) is 12.2 Å². The minimum absolute atomic E-state index is 0.0418. The second-order valence-electron chi connectivity index (χ2n) is 5.63. The second kappa shape index (κ2) is 7.49. The lowest BCUT2D eigenvalue weighted by Crippen LogP contribution is -2.39. The standard InChI is InChI=1S/C17H19ClN4O2/c1-19-17(23)24-14-7-9-22(10-8-14)16-6-5-15(20-21-16)12-3-2-4-13(18)11-12/h2-6,11,14H,7-10H2,1H3,(H,19,23). The molecule has 0 bridgehead atoms. The molecule has 1 N–H and O–H groups in total. The molecule has 2 aromatic rings. The van der Waals surface area contributed by atoms with Gasteiger partial charge in [-0.25, -0.2) is 4.79 Å². The number of hydrogen-bond acceptors (Lipinski definition) is 5. The van der Waals surface area contributed by atoms with Crippen molar-refractivity contribution in [3.05, 3.63) is 41.4 Å². The van der Waals surface area contributed by atoms with Gasteiger partial charge in [0.2, 0.25) is 0 Å². The van der Waals surface area contributed by atoms with Gasteiger partial charge in [-0.1, -0.05) is 23.7 Å². The molecule has 0 saturated carbocycles. The fourth-order valence-corrected chi connectivity index (χ4v) is 2.90. The molecule has 3 rings (SSSR count). The molecule has 0 unspecified atom stereocenters. The molecule has 7 heteroatoms. The van der Waals surface area contributed by atoms with Crippen LogP contribution in [0.2, 0.25) is 5.02 Å². The minimum atomic E-state index is -0.376. The Morgan fingerprint density at radius 2 is 2.04 bits per heavy atom. The third-order valence-electron chi connectivity index (χ3n) is 4.01. The molecule has 1 saturated heterocycles. The quantitative estimate of drug-likeness (QED) is 0.924. The Morgan fingerprint density at radius 3 is 2.67 bits per heavy atom. The van der Waals surface area contributed by atoms with Gasteiger partial charge in [0.05, 0.1) is 5.69 Å². The number of hydrogen-bond donors (Lipinski definition) is 1. The van der Waals surface area contributed by atoms with Crippen LogP contribution in [0, 0.1) is 0 Å². The summed E-state index contributed by atoms with van der Waals surface area (Å²) in [5, 5.41) is 11.8. The first-order valence-electron chi connectivity index (χ1n) is 7.88. The van der Waals surface area contributed by atoms with E-state index in [9.17, 15) is 4.79 Å². The van der Waals surface area contributed by atoms with Gasteiger partial charge in [-0.05, 0) is 24.3 Å². The molecule has 1 aromatic carbocycles. The first-order valence-corrected chi connectivity index (χ1v) is 8.26. The van der Waals surface area contributed by atoms with Gasteiger partial charge in [0.25, 0.3) is 0 Å². The molecule has 0 atom stereocenters. The van der Waals surface area contributed by atoms with E-state index in [1.54, 1.807) is 7.05 Å². The van der Waals surface area contributed by atoms with Crippen LogP contribution in [0.15, 0.2) is 36.4 Å². The van der Waals surface area contributed by atoms with Crippen molar-refractivity contribution in [3.63, 3.8) is 0 Å². The van der Waals surface area contributed by atoms with Gasteiger partial charge < -0.3 is 15.0 Å². The number of rotatable bonds is 3. The highest BCUT2D eigenvalue weighted by Crippen LogP contribution is 2.23. The maximum Gasteiger partial charge on any atom is 0.407 e. The Balaban J connectivity index is 1.62. The summed E-state index contributed by atoms with van der Waals surface area (Å²) in [5.41, 5.74) is 1.73. The largest absolute Gasteiger partial charge is 0.446 e. The number of aromatic nitrogens is 2.